The third kappa shape index (κ3) is 5.96. The predicted octanol–water partition coefficient (Wildman–Crippen LogP) is 3.16. The monoisotopic (exact) mass is 383 g/mol. The second kappa shape index (κ2) is 10.7. The Bertz CT molecular complexity index is 752. The molecule has 1 amide bonds. The minimum absolute atomic E-state index is 0.0404. The standard InChI is InChI=1S/C22H29N3O3/c1-2-27-20-11-8-9-18-15-25(16-19-10-4-6-12-23-19)17-21(26)24-13-5-3-7-14-28-22(18)20/h4,6,8-12H,2-3,5,7,13-17H2,1H3,(H,24,26). The van der Waals surface area contributed by atoms with E-state index in [-0.39, 0.29) is 5.91 Å². The fourth-order valence-corrected chi connectivity index (χ4v) is 3.31. The molecule has 1 aliphatic heterocycles. The van der Waals surface area contributed by atoms with Gasteiger partial charge in [-0.2, -0.15) is 0 Å². The van der Waals surface area contributed by atoms with Crippen LogP contribution in [-0.4, -0.2) is 42.1 Å². The van der Waals surface area contributed by atoms with Crippen LogP contribution < -0.4 is 14.8 Å². The van der Waals surface area contributed by atoms with Crippen molar-refractivity contribution in [3.05, 3.63) is 53.9 Å². The second-order valence-corrected chi connectivity index (χ2v) is 6.90. The lowest BCUT2D eigenvalue weighted by Gasteiger charge is -2.23. The van der Waals surface area contributed by atoms with Gasteiger partial charge in [0.15, 0.2) is 11.5 Å². The quantitative estimate of drug-likeness (QED) is 0.879. The summed E-state index contributed by atoms with van der Waals surface area (Å²) in [6.45, 7) is 5.39. The van der Waals surface area contributed by atoms with Gasteiger partial charge in [-0.05, 0) is 44.4 Å². The first kappa shape index (κ1) is 20.1. The SMILES string of the molecule is CCOc1cccc2c1OCCCCCNC(=O)CN(Cc1ccccn1)C2. The van der Waals surface area contributed by atoms with Gasteiger partial charge in [0.1, 0.15) is 0 Å². The molecule has 0 bridgehead atoms. The first-order valence-corrected chi connectivity index (χ1v) is 10.0. The summed E-state index contributed by atoms with van der Waals surface area (Å²) < 4.78 is 11.9. The number of pyridine rings is 1. The van der Waals surface area contributed by atoms with Crippen LogP contribution in [0.2, 0.25) is 0 Å². The molecular formula is C22H29N3O3. The first-order valence-electron chi connectivity index (χ1n) is 10.0. The Balaban J connectivity index is 1.87. The first-order chi connectivity index (χ1) is 13.8. The number of rotatable bonds is 4. The predicted molar refractivity (Wildman–Crippen MR) is 108 cm³/mol. The van der Waals surface area contributed by atoms with Gasteiger partial charge in [0.05, 0.1) is 25.5 Å². The number of amides is 1. The maximum Gasteiger partial charge on any atom is 0.234 e. The summed E-state index contributed by atoms with van der Waals surface area (Å²) in [5, 5.41) is 3.03. The lowest BCUT2D eigenvalue weighted by molar-refractivity contribution is -0.122. The zero-order valence-corrected chi connectivity index (χ0v) is 16.5. The van der Waals surface area contributed by atoms with Crippen LogP contribution in [0.1, 0.15) is 37.4 Å². The summed E-state index contributed by atoms with van der Waals surface area (Å²) in [6, 6.07) is 11.8. The van der Waals surface area contributed by atoms with Crippen molar-refractivity contribution in [2.24, 2.45) is 0 Å². The van der Waals surface area contributed by atoms with Gasteiger partial charge in [0.2, 0.25) is 5.91 Å². The van der Waals surface area contributed by atoms with Crippen LogP contribution in [0.5, 0.6) is 11.5 Å². The molecule has 28 heavy (non-hydrogen) atoms. The van der Waals surface area contributed by atoms with E-state index in [1.54, 1.807) is 6.20 Å². The lowest BCUT2D eigenvalue weighted by atomic mass is 10.1. The van der Waals surface area contributed by atoms with Gasteiger partial charge in [-0.3, -0.25) is 14.7 Å². The molecule has 0 spiro atoms. The highest BCUT2D eigenvalue weighted by Gasteiger charge is 2.18. The van der Waals surface area contributed by atoms with E-state index in [0.29, 0.717) is 39.4 Å². The number of para-hydroxylation sites is 1. The molecule has 150 valence electrons. The molecule has 0 fully saturated rings. The van der Waals surface area contributed by atoms with Crippen molar-refractivity contribution in [2.75, 3.05) is 26.3 Å². The van der Waals surface area contributed by atoms with E-state index in [9.17, 15) is 4.79 Å². The third-order valence-electron chi connectivity index (χ3n) is 4.62. The molecule has 0 radical (unpaired) electrons. The Hall–Kier alpha value is -2.60. The minimum Gasteiger partial charge on any atom is -0.490 e. The van der Waals surface area contributed by atoms with Crippen molar-refractivity contribution >= 4 is 5.91 Å². The highest BCUT2D eigenvalue weighted by Crippen LogP contribution is 2.33. The normalized spacial score (nSPS) is 16.5. The van der Waals surface area contributed by atoms with Gasteiger partial charge in [0, 0.05) is 31.4 Å². The number of hydrogen-bond acceptors (Lipinski definition) is 5. The summed E-state index contributed by atoms with van der Waals surface area (Å²) >= 11 is 0. The van der Waals surface area contributed by atoms with Crippen LogP contribution >= 0.6 is 0 Å². The summed E-state index contributed by atoms with van der Waals surface area (Å²) in [6.07, 6.45) is 4.70. The lowest BCUT2D eigenvalue weighted by Crippen LogP contribution is -2.37. The van der Waals surface area contributed by atoms with Gasteiger partial charge in [-0.25, -0.2) is 0 Å². The van der Waals surface area contributed by atoms with Crippen molar-refractivity contribution in [1.29, 1.82) is 0 Å². The van der Waals surface area contributed by atoms with E-state index in [0.717, 1.165) is 42.0 Å². The van der Waals surface area contributed by atoms with Crippen LogP contribution in [0.4, 0.5) is 0 Å². The topological polar surface area (TPSA) is 63.7 Å². The van der Waals surface area contributed by atoms with Crippen molar-refractivity contribution in [3.63, 3.8) is 0 Å². The van der Waals surface area contributed by atoms with Gasteiger partial charge in [-0.1, -0.05) is 18.2 Å². The van der Waals surface area contributed by atoms with Crippen molar-refractivity contribution in [1.82, 2.24) is 15.2 Å². The maximum absolute atomic E-state index is 12.4. The number of aromatic nitrogens is 1. The maximum atomic E-state index is 12.4. The Morgan fingerprint density at radius 1 is 1.14 bits per heavy atom. The van der Waals surface area contributed by atoms with Crippen LogP contribution in [-0.2, 0) is 17.9 Å². The third-order valence-corrected chi connectivity index (χ3v) is 4.62. The molecule has 2 heterocycles. The van der Waals surface area contributed by atoms with Crippen LogP contribution in [0.3, 0.4) is 0 Å². The average Bonchev–Trinajstić information content (AvgIpc) is 2.70. The second-order valence-electron chi connectivity index (χ2n) is 6.90. The Kier molecular flexibility index (Phi) is 7.67. The van der Waals surface area contributed by atoms with Gasteiger partial charge in [-0.15, -0.1) is 0 Å². The number of hydrogen-bond donors (Lipinski definition) is 1. The fourth-order valence-electron chi connectivity index (χ4n) is 3.31. The molecule has 6 heteroatoms. The molecular weight excluding hydrogens is 354 g/mol. The molecule has 3 rings (SSSR count). The number of carbonyl (C=O) groups is 1. The molecule has 1 aromatic heterocycles. The van der Waals surface area contributed by atoms with Crippen LogP contribution in [0, 0.1) is 0 Å². The van der Waals surface area contributed by atoms with Gasteiger partial charge < -0.3 is 14.8 Å². The molecule has 1 aliphatic rings. The number of benzene rings is 1. The highest BCUT2D eigenvalue weighted by molar-refractivity contribution is 5.78. The van der Waals surface area contributed by atoms with E-state index in [1.165, 1.54) is 0 Å². The summed E-state index contributed by atoms with van der Waals surface area (Å²) in [7, 11) is 0. The highest BCUT2D eigenvalue weighted by atomic mass is 16.5. The molecule has 0 atom stereocenters. The van der Waals surface area contributed by atoms with Crippen LogP contribution in [0.15, 0.2) is 42.6 Å². The summed E-state index contributed by atoms with van der Waals surface area (Å²) in [5.74, 6) is 1.59. The van der Waals surface area contributed by atoms with Gasteiger partial charge >= 0.3 is 0 Å². The Morgan fingerprint density at radius 2 is 2.07 bits per heavy atom. The van der Waals surface area contributed by atoms with Crippen LogP contribution in [0.25, 0.3) is 0 Å². The molecule has 1 aromatic carbocycles. The number of ether oxygens (including phenoxy) is 2. The molecule has 2 aromatic rings. The van der Waals surface area contributed by atoms with E-state index in [2.05, 4.69) is 15.2 Å². The molecule has 0 saturated carbocycles. The van der Waals surface area contributed by atoms with E-state index >= 15 is 0 Å². The zero-order valence-electron chi connectivity index (χ0n) is 16.5. The van der Waals surface area contributed by atoms with E-state index in [4.69, 9.17) is 9.47 Å². The zero-order chi connectivity index (χ0) is 19.6. The Labute approximate surface area is 166 Å². The summed E-state index contributed by atoms with van der Waals surface area (Å²) in [4.78, 5) is 18.9. The molecule has 1 N–H and O–H groups in total. The van der Waals surface area contributed by atoms with E-state index in [1.807, 2.05) is 43.3 Å². The fraction of sp³-hybridized carbons (Fsp3) is 0.455. The van der Waals surface area contributed by atoms with Crippen molar-refractivity contribution < 1.29 is 14.3 Å². The average molecular weight is 383 g/mol. The largest absolute Gasteiger partial charge is 0.490 e. The minimum atomic E-state index is 0.0404. The summed E-state index contributed by atoms with van der Waals surface area (Å²) in [5.41, 5.74) is 1.96. The van der Waals surface area contributed by atoms with Gasteiger partial charge in [0.25, 0.3) is 0 Å². The molecule has 0 saturated heterocycles. The number of nitrogens with zero attached hydrogens (tertiary/aromatic N) is 2. The van der Waals surface area contributed by atoms with Crippen molar-refractivity contribution in [3.8, 4) is 11.5 Å². The number of fused-ring (bicyclic) bond motifs is 1. The number of nitrogens with one attached hydrogen (secondary N) is 1. The van der Waals surface area contributed by atoms with E-state index < -0.39 is 0 Å². The molecule has 0 unspecified atom stereocenters. The molecule has 0 aliphatic carbocycles. The molecule has 6 nitrogen and oxygen atoms in total. The Morgan fingerprint density at radius 3 is 2.89 bits per heavy atom. The van der Waals surface area contributed by atoms with Crippen molar-refractivity contribution in [2.45, 2.75) is 39.3 Å². The smallest absolute Gasteiger partial charge is 0.234 e. The number of carbonyl (C=O) groups excluding carboxylic acids is 1.